The van der Waals surface area contributed by atoms with Crippen LogP contribution in [0.3, 0.4) is 0 Å². The summed E-state index contributed by atoms with van der Waals surface area (Å²) in [4.78, 5) is 0. The van der Waals surface area contributed by atoms with Gasteiger partial charge in [0.25, 0.3) is 0 Å². The quantitative estimate of drug-likeness (QED) is 0.802. The van der Waals surface area contributed by atoms with Crippen molar-refractivity contribution in [3.05, 3.63) is 69.2 Å². The van der Waals surface area contributed by atoms with Crippen molar-refractivity contribution in [2.75, 3.05) is 0 Å². The monoisotopic (exact) mass is 308 g/mol. The number of halogens is 2. The summed E-state index contributed by atoms with van der Waals surface area (Å²) in [5.41, 5.74) is 3.05. The Morgan fingerprint density at radius 3 is 2.25 bits per heavy atom. The highest BCUT2D eigenvalue weighted by Gasteiger charge is 2.13. The summed E-state index contributed by atoms with van der Waals surface area (Å²) in [5, 5.41) is 11.4. The second-order valence-electron chi connectivity index (χ2n) is 5.28. The summed E-state index contributed by atoms with van der Waals surface area (Å²) < 4.78 is 0. The van der Waals surface area contributed by atoms with E-state index in [2.05, 4.69) is 38.1 Å². The molecule has 1 unspecified atom stereocenters. The lowest BCUT2D eigenvalue weighted by Crippen LogP contribution is -2.03. The molecule has 0 fully saturated rings. The van der Waals surface area contributed by atoms with Gasteiger partial charge in [0.2, 0.25) is 0 Å². The lowest BCUT2D eigenvalue weighted by molar-refractivity contribution is 0.178. The minimum Gasteiger partial charge on any atom is -0.388 e. The molecule has 0 spiro atoms. The zero-order valence-electron chi connectivity index (χ0n) is 11.6. The zero-order valence-corrected chi connectivity index (χ0v) is 13.1. The Morgan fingerprint density at radius 2 is 1.65 bits per heavy atom. The smallest absolute Gasteiger partial charge is 0.0845 e. The SMILES string of the molecule is CC(C)c1ccc(CC(O)c2cc(Cl)ccc2Cl)cc1. The largest absolute Gasteiger partial charge is 0.388 e. The molecule has 1 N–H and O–H groups in total. The standard InChI is InChI=1S/C17H18Cl2O/c1-11(2)13-5-3-12(4-6-13)9-17(20)15-10-14(18)7-8-16(15)19/h3-8,10-11,17,20H,9H2,1-2H3. The van der Waals surface area contributed by atoms with Crippen molar-refractivity contribution in [3.63, 3.8) is 0 Å². The maximum atomic E-state index is 10.3. The number of aliphatic hydroxyl groups excluding tert-OH is 1. The highest BCUT2D eigenvalue weighted by Crippen LogP contribution is 2.28. The molecule has 0 aliphatic heterocycles. The molecule has 2 aromatic carbocycles. The number of aliphatic hydroxyl groups is 1. The van der Waals surface area contributed by atoms with Crippen molar-refractivity contribution in [1.29, 1.82) is 0 Å². The minimum absolute atomic E-state index is 0.511. The highest BCUT2D eigenvalue weighted by atomic mass is 35.5. The van der Waals surface area contributed by atoms with Crippen LogP contribution in [0.2, 0.25) is 10.0 Å². The average molecular weight is 309 g/mol. The van der Waals surface area contributed by atoms with Crippen LogP contribution >= 0.6 is 23.2 Å². The third-order valence-electron chi connectivity index (χ3n) is 3.39. The number of hydrogen-bond acceptors (Lipinski definition) is 1. The van der Waals surface area contributed by atoms with Gasteiger partial charge in [0.05, 0.1) is 6.10 Å². The molecule has 0 aromatic heterocycles. The van der Waals surface area contributed by atoms with Crippen LogP contribution in [0.4, 0.5) is 0 Å². The third-order valence-corrected chi connectivity index (χ3v) is 3.97. The molecule has 0 heterocycles. The maximum absolute atomic E-state index is 10.3. The fraction of sp³-hybridized carbons (Fsp3) is 0.294. The highest BCUT2D eigenvalue weighted by molar-refractivity contribution is 6.33. The molecule has 0 radical (unpaired) electrons. The van der Waals surface area contributed by atoms with Crippen LogP contribution in [0.25, 0.3) is 0 Å². The van der Waals surface area contributed by atoms with Crippen LogP contribution in [0.15, 0.2) is 42.5 Å². The van der Waals surface area contributed by atoms with Gasteiger partial charge in [-0.15, -0.1) is 0 Å². The van der Waals surface area contributed by atoms with Crippen molar-refractivity contribution in [2.45, 2.75) is 32.3 Å². The van der Waals surface area contributed by atoms with Gasteiger partial charge in [-0.3, -0.25) is 0 Å². The summed E-state index contributed by atoms with van der Waals surface area (Å²) >= 11 is 12.1. The molecule has 0 bridgehead atoms. The molecule has 106 valence electrons. The van der Waals surface area contributed by atoms with E-state index in [9.17, 15) is 5.11 Å². The first kappa shape index (κ1) is 15.4. The molecule has 2 rings (SSSR count). The van der Waals surface area contributed by atoms with E-state index in [0.29, 0.717) is 27.9 Å². The van der Waals surface area contributed by atoms with Crippen molar-refractivity contribution in [1.82, 2.24) is 0 Å². The molecule has 3 heteroatoms. The minimum atomic E-state index is -0.647. The molecule has 2 aromatic rings. The van der Waals surface area contributed by atoms with Gasteiger partial charge >= 0.3 is 0 Å². The van der Waals surface area contributed by atoms with E-state index >= 15 is 0 Å². The van der Waals surface area contributed by atoms with Crippen LogP contribution in [0.5, 0.6) is 0 Å². The predicted octanol–water partition coefficient (Wildman–Crippen LogP) is 5.39. The lowest BCUT2D eigenvalue weighted by atomic mass is 9.97. The number of rotatable bonds is 4. The third kappa shape index (κ3) is 3.76. The molecule has 0 aliphatic rings. The van der Waals surface area contributed by atoms with Gasteiger partial charge in [0.15, 0.2) is 0 Å². The summed E-state index contributed by atoms with van der Waals surface area (Å²) in [5.74, 6) is 0.511. The summed E-state index contributed by atoms with van der Waals surface area (Å²) in [7, 11) is 0. The van der Waals surface area contributed by atoms with Gasteiger partial charge in [-0.05, 0) is 35.2 Å². The topological polar surface area (TPSA) is 20.2 Å². The van der Waals surface area contributed by atoms with E-state index < -0.39 is 6.10 Å². The molecular formula is C17H18Cl2O. The molecule has 0 saturated heterocycles. The van der Waals surface area contributed by atoms with Gasteiger partial charge < -0.3 is 5.11 Å². The van der Waals surface area contributed by atoms with Gasteiger partial charge in [0.1, 0.15) is 0 Å². The second-order valence-corrected chi connectivity index (χ2v) is 6.13. The van der Waals surface area contributed by atoms with Crippen molar-refractivity contribution < 1.29 is 5.11 Å². The van der Waals surface area contributed by atoms with Crippen LogP contribution < -0.4 is 0 Å². The zero-order chi connectivity index (χ0) is 14.7. The van der Waals surface area contributed by atoms with E-state index in [4.69, 9.17) is 23.2 Å². The van der Waals surface area contributed by atoms with Crippen LogP contribution in [-0.2, 0) is 6.42 Å². The van der Waals surface area contributed by atoms with Gasteiger partial charge in [0, 0.05) is 22.0 Å². The Labute approximate surface area is 130 Å². The normalized spacial score (nSPS) is 12.7. The molecule has 1 atom stereocenters. The Kier molecular flexibility index (Phi) is 5.09. The fourth-order valence-electron chi connectivity index (χ4n) is 2.14. The first-order chi connectivity index (χ1) is 9.47. The van der Waals surface area contributed by atoms with Crippen LogP contribution in [0, 0.1) is 0 Å². The van der Waals surface area contributed by atoms with E-state index in [0.717, 1.165) is 5.56 Å². The maximum Gasteiger partial charge on any atom is 0.0845 e. The molecule has 0 aliphatic carbocycles. The summed E-state index contributed by atoms with van der Waals surface area (Å²) in [6.45, 7) is 4.32. The Balaban J connectivity index is 2.14. The van der Waals surface area contributed by atoms with E-state index in [1.807, 2.05) is 0 Å². The average Bonchev–Trinajstić information content (AvgIpc) is 2.42. The first-order valence-corrected chi connectivity index (χ1v) is 7.45. The van der Waals surface area contributed by atoms with Crippen LogP contribution in [-0.4, -0.2) is 5.11 Å². The van der Waals surface area contributed by atoms with Crippen molar-refractivity contribution >= 4 is 23.2 Å². The first-order valence-electron chi connectivity index (χ1n) is 6.69. The summed E-state index contributed by atoms with van der Waals surface area (Å²) in [6, 6.07) is 13.5. The van der Waals surface area contributed by atoms with Gasteiger partial charge in [-0.2, -0.15) is 0 Å². The predicted molar refractivity (Wildman–Crippen MR) is 85.7 cm³/mol. The van der Waals surface area contributed by atoms with Crippen molar-refractivity contribution in [2.24, 2.45) is 0 Å². The Hall–Kier alpha value is -1.02. The van der Waals surface area contributed by atoms with Gasteiger partial charge in [-0.25, -0.2) is 0 Å². The number of benzene rings is 2. The van der Waals surface area contributed by atoms with E-state index in [1.165, 1.54) is 5.56 Å². The molecule has 20 heavy (non-hydrogen) atoms. The molecule has 0 saturated carbocycles. The molecular weight excluding hydrogens is 291 g/mol. The lowest BCUT2D eigenvalue weighted by Gasteiger charge is -2.14. The van der Waals surface area contributed by atoms with E-state index in [1.54, 1.807) is 18.2 Å². The second kappa shape index (κ2) is 6.62. The Morgan fingerprint density at radius 1 is 1.00 bits per heavy atom. The number of hydrogen-bond donors (Lipinski definition) is 1. The van der Waals surface area contributed by atoms with Crippen molar-refractivity contribution in [3.8, 4) is 0 Å². The fourth-order valence-corrected chi connectivity index (χ4v) is 2.57. The summed E-state index contributed by atoms with van der Waals surface area (Å²) in [6.07, 6.45) is -0.121. The van der Waals surface area contributed by atoms with Gasteiger partial charge in [-0.1, -0.05) is 61.3 Å². The van der Waals surface area contributed by atoms with Crippen LogP contribution in [0.1, 0.15) is 42.6 Å². The molecule has 0 amide bonds. The molecule has 1 nitrogen and oxygen atoms in total. The van der Waals surface area contributed by atoms with E-state index in [-0.39, 0.29) is 0 Å². The Bertz CT molecular complexity index is 576.